The molecular weight excluding hydrogens is 337 g/mol. The highest BCUT2D eigenvalue weighted by atomic mass is 32.1. The first-order valence-electron chi connectivity index (χ1n) is 6.37. The lowest BCUT2D eigenvalue weighted by Gasteiger charge is -2.10. The van der Waals surface area contributed by atoms with E-state index in [0.29, 0.717) is 17.0 Å². The average molecular weight is 348 g/mol. The molecular formula is C13H11F3N2O4S. The lowest BCUT2D eigenvalue weighted by Crippen LogP contribution is -2.18. The quantitative estimate of drug-likeness (QED) is 0.840. The number of nitrogens with zero attached hydrogens (tertiary/aromatic N) is 1. The molecule has 1 N–H and O–H groups in total. The second-order valence-electron chi connectivity index (χ2n) is 4.29. The number of aromatic nitrogens is 1. The Morgan fingerprint density at radius 3 is 2.74 bits per heavy atom. The molecule has 0 radical (unpaired) electrons. The Bertz CT molecular complexity index is 695. The molecule has 0 saturated carbocycles. The molecule has 0 spiro atoms. The van der Waals surface area contributed by atoms with Gasteiger partial charge in [0.15, 0.2) is 0 Å². The maximum absolute atomic E-state index is 13.0. The SMILES string of the molecule is CCOC(=O)c1c(C(F)(F)F)csc1NC(=O)Cc1ccon1. The van der Waals surface area contributed by atoms with E-state index in [0.717, 1.165) is 5.38 Å². The molecule has 2 rings (SSSR count). The van der Waals surface area contributed by atoms with Crippen LogP contribution in [0.4, 0.5) is 18.2 Å². The normalized spacial score (nSPS) is 11.3. The van der Waals surface area contributed by atoms with Crippen LogP contribution in [0.25, 0.3) is 0 Å². The second kappa shape index (κ2) is 6.82. The van der Waals surface area contributed by atoms with Crippen LogP contribution in [0.3, 0.4) is 0 Å². The number of thiophene rings is 1. The summed E-state index contributed by atoms with van der Waals surface area (Å²) in [6, 6.07) is 1.45. The zero-order valence-corrected chi connectivity index (χ0v) is 12.6. The lowest BCUT2D eigenvalue weighted by atomic mass is 10.1. The van der Waals surface area contributed by atoms with Crippen molar-refractivity contribution in [3.8, 4) is 0 Å². The van der Waals surface area contributed by atoms with E-state index in [4.69, 9.17) is 0 Å². The van der Waals surface area contributed by atoms with Crippen molar-refractivity contribution < 1.29 is 32.0 Å². The number of alkyl halides is 3. The number of carbonyl (C=O) groups excluding carboxylic acids is 2. The molecule has 2 aromatic heterocycles. The summed E-state index contributed by atoms with van der Waals surface area (Å²) in [6.45, 7) is 1.39. The number of anilines is 1. The average Bonchev–Trinajstić information content (AvgIpc) is 3.07. The van der Waals surface area contributed by atoms with Gasteiger partial charge in [-0.25, -0.2) is 4.79 Å². The van der Waals surface area contributed by atoms with Gasteiger partial charge in [-0.15, -0.1) is 11.3 Å². The van der Waals surface area contributed by atoms with Gasteiger partial charge in [-0.1, -0.05) is 5.16 Å². The molecule has 0 bridgehead atoms. The Balaban J connectivity index is 2.25. The van der Waals surface area contributed by atoms with Gasteiger partial charge in [-0.2, -0.15) is 13.2 Å². The Hall–Kier alpha value is -2.36. The zero-order valence-electron chi connectivity index (χ0n) is 11.8. The Morgan fingerprint density at radius 1 is 1.43 bits per heavy atom. The van der Waals surface area contributed by atoms with E-state index in [9.17, 15) is 22.8 Å². The van der Waals surface area contributed by atoms with Crippen molar-refractivity contribution >= 4 is 28.2 Å². The Kier molecular flexibility index (Phi) is 5.04. The number of amides is 1. The van der Waals surface area contributed by atoms with Gasteiger partial charge in [0, 0.05) is 11.4 Å². The van der Waals surface area contributed by atoms with E-state index >= 15 is 0 Å². The summed E-state index contributed by atoms with van der Waals surface area (Å²) in [6.07, 6.45) is -3.66. The topological polar surface area (TPSA) is 81.4 Å². The number of carbonyl (C=O) groups is 2. The number of rotatable bonds is 5. The Labute approximate surface area is 132 Å². The van der Waals surface area contributed by atoms with E-state index in [-0.39, 0.29) is 18.0 Å². The lowest BCUT2D eigenvalue weighted by molar-refractivity contribution is -0.137. The van der Waals surface area contributed by atoms with Crippen LogP contribution in [0.1, 0.15) is 28.5 Å². The van der Waals surface area contributed by atoms with Crippen molar-refractivity contribution in [3.05, 3.63) is 34.5 Å². The largest absolute Gasteiger partial charge is 0.462 e. The molecule has 0 fully saturated rings. The molecule has 0 aliphatic carbocycles. The smallest absolute Gasteiger partial charge is 0.418 e. The molecule has 124 valence electrons. The summed E-state index contributed by atoms with van der Waals surface area (Å²) < 4.78 is 48.1. The predicted molar refractivity (Wildman–Crippen MR) is 74.1 cm³/mol. The highest BCUT2D eigenvalue weighted by Crippen LogP contribution is 2.39. The number of hydrogen-bond donors (Lipinski definition) is 1. The third-order valence-corrected chi connectivity index (χ3v) is 3.56. The highest BCUT2D eigenvalue weighted by Gasteiger charge is 2.39. The fourth-order valence-electron chi connectivity index (χ4n) is 1.73. The van der Waals surface area contributed by atoms with Crippen molar-refractivity contribution in [1.82, 2.24) is 5.16 Å². The number of nitrogens with one attached hydrogen (secondary N) is 1. The first-order chi connectivity index (χ1) is 10.8. The summed E-state index contributed by atoms with van der Waals surface area (Å²) in [7, 11) is 0. The van der Waals surface area contributed by atoms with Crippen molar-refractivity contribution in [3.63, 3.8) is 0 Å². The zero-order chi connectivity index (χ0) is 17.0. The van der Waals surface area contributed by atoms with Gasteiger partial charge in [-0.3, -0.25) is 4.79 Å². The van der Waals surface area contributed by atoms with Crippen LogP contribution in [0, 0.1) is 0 Å². The molecule has 10 heteroatoms. The van der Waals surface area contributed by atoms with E-state index in [1.54, 1.807) is 0 Å². The van der Waals surface area contributed by atoms with Gasteiger partial charge >= 0.3 is 12.1 Å². The minimum Gasteiger partial charge on any atom is -0.462 e. The third-order valence-electron chi connectivity index (χ3n) is 2.66. The fraction of sp³-hybridized carbons (Fsp3) is 0.308. The van der Waals surface area contributed by atoms with Crippen molar-refractivity contribution in [2.75, 3.05) is 11.9 Å². The molecule has 23 heavy (non-hydrogen) atoms. The van der Waals surface area contributed by atoms with Gasteiger partial charge in [0.05, 0.1) is 24.3 Å². The first-order valence-corrected chi connectivity index (χ1v) is 7.25. The summed E-state index contributed by atoms with van der Waals surface area (Å²) in [4.78, 5) is 23.7. The van der Waals surface area contributed by atoms with Crippen LogP contribution in [-0.4, -0.2) is 23.6 Å². The van der Waals surface area contributed by atoms with E-state index in [2.05, 4.69) is 19.7 Å². The van der Waals surface area contributed by atoms with Gasteiger partial charge < -0.3 is 14.6 Å². The van der Waals surface area contributed by atoms with Crippen LogP contribution in [0.2, 0.25) is 0 Å². The van der Waals surface area contributed by atoms with Gasteiger partial charge in [-0.05, 0) is 6.92 Å². The fourth-order valence-corrected chi connectivity index (χ4v) is 2.70. The number of halogens is 3. The predicted octanol–water partition coefficient (Wildman–Crippen LogP) is 3.11. The van der Waals surface area contributed by atoms with Crippen LogP contribution in [0.15, 0.2) is 22.2 Å². The number of hydrogen-bond acceptors (Lipinski definition) is 6. The molecule has 2 heterocycles. The summed E-state index contributed by atoms with van der Waals surface area (Å²) in [5.74, 6) is -1.77. The van der Waals surface area contributed by atoms with Crippen molar-refractivity contribution in [1.29, 1.82) is 0 Å². The minimum absolute atomic E-state index is 0.0850. The Morgan fingerprint density at radius 2 is 2.17 bits per heavy atom. The molecule has 6 nitrogen and oxygen atoms in total. The molecule has 0 unspecified atom stereocenters. The minimum atomic E-state index is -4.73. The highest BCUT2D eigenvalue weighted by molar-refractivity contribution is 7.15. The molecule has 0 atom stereocenters. The molecule has 0 aromatic carbocycles. The van der Waals surface area contributed by atoms with Crippen molar-refractivity contribution in [2.45, 2.75) is 19.5 Å². The summed E-state index contributed by atoms with van der Waals surface area (Å²) >= 11 is 0.602. The number of esters is 1. The maximum atomic E-state index is 13.0. The van der Waals surface area contributed by atoms with Crippen LogP contribution < -0.4 is 5.32 Å². The first kappa shape index (κ1) is 17.0. The molecule has 0 aliphatic heterocycles. The van der Waals surface area contributed by atoms with Crippen molar-refractivity contribution in [2.24, 2.45) is 0 Å². The molecule has 0 aliphatic rings. The van der Waals surface area contributed by atoms with E-state index in [1.165, 1.54) is 19.3 Å². The van der Waals surface area contributed by atoms with Gasteiger partial charge in [0.25, 0.3) is 0 Å². The van der Waals surface area contributed by atoms with E-state index < -0.39 is 29.2 Å². The third kappa shape index (κ3) is 4.09. The van der Waals surface area contributed by atoms with E-state index in [1.807, 2.05) is 0 Å². The summed E-state index contributed by atoms with van der Waals surface area (Å²) in [5.41, 5.74) is -1.52. The van der Waals surface area contributed by atoms with Gasteiger partial charge in [0.1, 0.15) is 16.8 Å². The molecule has 2 aromatic rings. The standard InChI is InChI=1S/C13H11F3N2O4S/c1-2-21-12(20)10-8(13(14,15)16)6-23-11(10)17-9(19)5-7-3-4-22-18-7/h3-4,6H,2,5H2,1H3,(H,17,19). The number of ether oxygens (including phenoxy) is 1. The van der Waals surface area contributed by atoms with Gasteiger partial charge in [0.2, 0.25) is 5.91 Å². The van der Waals surface area contributed by atoms with Crippen LogP contribution >= 0.6 is 11.3 Å². The second-order valence-corrected chi connectivity index (χ2v) is 5.17. The van der Waals surface area contributed by atoms with Crippen LogP contribution in [0.5, 0.6) is 0 Å². The summed E-state index contributed by atoms with van der Waals surface area (Å²) in [5, 5.41) is 6.35. The maximum Gasteiger partial charge on any atom is 0.418 e. The molecule has 1 amide bonds. The monoisotopic (exact) mass is 348 g/mol. The van der Waals surface area contributed by atoms with Crippen LogP contribution in [-0.2, 0) is 22.1 Å². The molecule has 0 saturated heterocycles.